The number of hydrogen-bond acceptors (Lipinski definition) is 6. The van der Waals surface area contributed by atoms with Gasteiger partial charge >= 0.3 is 17.6 Å². The summed E-state index contributed by atoms with van der Waals surface area (Å²) in [6.45, 7) is 17.5. The molecule has 0 aliphatic carbocycles. The molecule has 0 amide bonds. The second-order valence-corrected chi connectivity index (χ2v) is 15.2. The van der Waals surface area contributed by atoms with Gasteiger partial charge in [0.1, 0.15) is 0 Å². The molecule has 0 spiro atoms. The predicted molar refractivity (Wildman–Crippen MR) is 156 cm³/mol. The maximum absolute atomic E-state index is 6.45. The fourth-order valence-electron chi connectivity index (χ4n) is 3.60. The molecule has 0 aromatic rings. The van der Waals surface area contributed by atoms with Crippen LogP contribution in [-0.4, -0.2) is 57.3 Å². The van der Waals surface area contributed by atoms with Gasteiger partial charge in [0.25, 0.3) is 0 Å². The van der Waals surface area contributed by atoms with E-state index in [9.17, 15) is 0 Å². The maximum atomic E-state index is 6.45. The van der Waals surface area contributed by atoms with Crippen LogP contribution in [0.1, 0.15) is 131 Å². The third-order valence-electron chi connectivity index (χ3n) is 6.14. The van der Waals surface area contributed by atoms with Crippen molar-refractivity contribution < 1.29 is 26.6 Å². The van der Waals surface area contributed by atoms with E-state index in [0.29, 0.717) is 0 Å². The summed E-state index contributed by atoms with van der Waals surface area (Å²) in [5.41, 5.74) is 0. The minimum Gasteiger partial charge on any atom is -0.373 e. The minimum absolute atomic E-state index is 0.722. The van der Waals surface area contributed by atoms with Crippen LogP contribution >= 0.6 is 0 Å². The number of rotatable bonds is 29. The summed E-state index contributed by atoms with van der Waals surface area (Å²) in [6, 6.07) is 1.71. The van der Waals surface area contributed by atoms with Gasteiger partial charge in [0.05, 0.1) is 0 Å². The van der Waals surface area contributed by atoms with E-state index >= 15 is 0 Å². The molecule has 0 heterocycles. The normalized spacial score (nSPS) is 12.5. The van der Waals surface area contributed by atoms with Crippen LogP contribution in [0.5, 0.6) is 0 Å². The average molecular weight is 551 g/mol. The average Bonchev–Trinajstić information content (AvgIpc) is 2.87. The van der Waals surface area contributed by atoms with Gasteiger partial charge in [0.15, 0.2) is 0 Å². The first kappa shape index (κ1) is 36.2. The molecule has 0 aliphatic heterocycles. The highest BCUT2D eigenvalue weighted by atomic mass is 28.4. The fraction of sp³-hybridized carbons (Fsp3) is 1.00. The Hall–Kier alpha value is 0.194. The Balaban J connectivity index is 5.31. The van der Waals surface area contributed by atoms with Crippen molar-refractivity contribution >= 4 is 17.6 Å². The van der Waals surface area contributed by atoms with Gasteiger partial charge in [0.2, 0.25) is 0 Å². The molecular weight excluding hydrogens is 488 g/mol. The zero-order valence-electron chi connectivity index (χ0n) is 25.0. The third-order valence-corrected chi connectivity index (χ3v) is 11.9. The summed E-state index contributed by atoms with van der Waals surface area (Å²) >= 11 is 0. The molecule has 0 radical (unpaired) electrons. The van der Waals surface area contributed by atoms with E-state index in [2.05, 4.69) is 41.5 Å². The zero-order chi connectivity index (χ0) is 26.8. The van der Waals surface area contributed by atoms with Gasteiger partial charge in [-0.3, -0.25) is 0 Å². The lowest BCUT2D eigenvalue weighted by Crippen LogP contribution is -2.48. The van der Waals surface area contributed by atoms with Crippen LogP contribution in [0.25, 0.3) is 0 Å². The van der Waals surface area contributed by atoms with Gasteiger partial charge in [-0.2, -0.15) is 0 Å². The predicted octanol–water partition coefficient (Wildman–Crippen LogP) is 8.54. The van der Waals surface area contributed by atoms with Gasteiger partial charge in [-0.1, -0.05) is 80.1 Å². The van der Waals surface area contributed by atoms with Crippen molar-refractivity contribution in [1.82, 2.24) is 0 Å². The molecule has 0 bridgehead atoms. The van der Waals surface area contributed by atoms with Crippen LogP contribution < -0.4 is 0 Å². The number of unbranched alkanes of at least 4 members (excludes halogenated alkanes) is 7. The van der Waals surface area contributed by atoms with Crippen molar-refractivity contribution in [2.24, 2.45) is 0 Å². The van der Waals surface area contributed by atoms with Crippen LogP contribution in [0.2, 0.25) is 12.1 Å². The molecule has 0 aromatic heterocycles. The van der Waals surface area contributed by atoms with Crippen molar-refractivity contribution in [2.75, 3.05) is 39.6 Å². The summed E-state index contributed by atoms with van der Waals surface area (Å²) in [5, 5.41) is 0. The first-order valence-electron chi connectivity index (χ1n) is 15.4. The lowest BCUT2D eigenvalue weighted by Gasteiger charge is -2.32. The zero-order valence-corrected chi connectivity index (χ0v) is 27.0. The van der Waals surface area contributed by atoms with Gasteiger partial charge in [-0.15, -0.1) is 0 Å². The van der Waals surface area contributed by atoms with Gasteiger partial charge in [-0.25, -0.2) is 0 Å². The molecule has 36 heavy (non-hydrogen) atoms. The first-order chi connectivity index (χ1) is 17.6. The molecule has 0 aliphatic rings. The molecule has 6 nitrogen and oxygen atoms in total. The molecule has 0 rings (SSSR count). The Morgan fingerprint density at radius 1 is 0.306 bits per heavy atom. The standard InChI is InChI=1S/C28H62O6Si2/c1-7-13-21-29-35(30-22-14-8-2,31-23-15-9-3)27-19-20-28-36(32-24-16-10-4,33-25-17-11-5)34-26-18-12-6/h7-28H2,1-6H3. The molecule has 0 aromatic carbocycles. The van der Waals surface area contributed by atoms with Crippen molar-refractivity contribution in [2.45, 2.75) is 144 Å². The summed E-state index contributed by atoms with van der Waals surface area (Å²) in [6.07, 6.45) is 14.9. The smallest absolute Gasteiger partial charge is 0.373 e. The maximum Gasteiger partial charge on any atom is 0.500 e. The summed E-state index contributed by atoms with van der Waals surface area (Å²) in [7, 11) is -5.41. The van der Waals surface area contributed by atoms with E-state index in [-0.39, 0.29) is 0 Å². The Bertz CT molecular complexity index is 363. The Labute approximate surface area is 227 Å². The first-order valence-corrected chi connectivity index (χ1v) is 19.3. The van der Waals surface area contributed by atoms with E-state index < -0.39 is 17.6 Å². The largest absolute Gasteiger partial charge is 0.500 e. The Morgan fingerprint density at radius 3 is 0.667 bits per heavy atom. The SMILES string of the molecule is CCCCO[Si](CCCC[Si](OCCCC)(OCCCC)OCCCC)(OCCCC)OCCCC. The molecular formula is C28H62O6Si2. The van der Waals surface area contributed by atoms with E-state index in [4.69, 9.17) is 26.6 Å². The summed E-state index contributed by atoms with van der Waals surface area (Å²) < 4.78 is 38.7. The highest BCUT2D eigenvalue weighted by Crippen LogP contribution is 2.26. The van der Waals surface area contributed by atoms with Gasteiger partial charge in [-0.05, 0) is 51.4 Å². The molecule has 0 fully saturated rings. The second-order valence-electron chi connectivity index (χ2n) is 9.79. The van der Waals surface area contributed by atoms with E-state index in [1.807, 2.05) is 0 Å². The molecule has 0 atom stereocenters. The molecule has 0 saturated heterocycles. The number of hydrogen-bond donors (Lipinski definition) is 0. The van der Waals surface area contributed by atoms with Crippen LogP contribution in [0, 0.1) is 0 Å². The monoisotopic (exact) mass is 550 g/mol. The quantitative estimate of drug-likeness (QED) is 0.0687. The Morgan fingerprint density at radius 2 is 0.500 bits per heavy atom. The molecule has 218 valence electrons. The molecule has 8 heteroatoms. The summed E-state index contributed by atoms with van der Waals surface area (Å²) in [4.78, 5) is 0. The Kier molecular flexibility index (Phi) is 25.6. The van der Waals surface area contributed by atoms with Crippen LogP contribution in [0.3, 0.4) is 0 Å². The lowest BCUT2D eigenvalue weighted by molar-refractivity contribution is 0.0517. The van der Waals surface area contributed by atoms with Gasteiger partial charge in [0, 0.05) is 51.7 Å². The van der Waals surface area contributed by atoms with Crippen LogP contribution in [-0.2, 0) is 26.6 Å². The third kappa shape index (κ3) is 18.4. The fourth-order valence-corrected chi connectivity index (χ4v) is 9.06. The summed E-state index contributed by atoms with van der Waals surface area (Å²) in [5.74, 6) is 0. The van der Waals surface area contributed by atoms with Gasteiger partial charge < -0.3 is 26.6 Å². The highest BCUT2D eigenvalue weighted by molar-refractivity contribution is 6.61. The molecule has 0 saturated carbocycles. The van der Waals surface area contributed by atoms with E-state index in [1.165, 1.54) is 0 Å². The lowest BCUT2D eigenvalue weighted by atomic mass is 10.4. The minimum atomic E-state index is -2.70. The highest BCUT2D eigenvalue weighted by Gasteiger charge is 2.43. The second kappa shape index (κ2) is 25.5. The molecule has 0 unspecified atom stereocenters. The van der Waals surface area contributed by atoms with Crippen molar-refractivity contribution in [3.63, 3.8) is 0 Å². The van der Waals surface area contributed by atoms with E-state index in [1.54, 1.807) is 0 Å². The van der Waals surface area contributed by atoms with E-state index in [0.717, 1.165) is 142 Å². The topological polar surface area (TPSA) is 55.4 Å². The van der Waals surface area contributed by atoms with Crippen LogP contribution in [0.15, 0.2) is 0 Å². The van der Waals surface area contributed by atoms with Crippen LogP contribution in [0.4, 0.5) is 0 Å². The van der Waals surface area contributed by atoms with Crippen molar-refractivity contribution in [3.05, 3.63) is 0 Å². The van der Waals surface area contributed by atoms with Crippen molar-refractivity contribution in [1.29, 1.82) is 0 Å². The van der Waals surface area contributed by atoms with Crippen molar-refractivity contribution in [3.8, 4) is 0 Å². The molecule has 0 N–H and O–H groups in total.